The zero-order chi connectivity index (χ0) is 12.3. The van der Waals surface area contributed by atoms with Gasteiger partial charge < -0.3 is 9.84 Å². The third kappa shape index (κ3) is 3.06. The molecule has 0 saturated carbocycles. The van der Waals surface area contributed by atoms with Crippen LogP contribution in [0.15, 0.2) is 16.6 Å². The molecule has 0 spiro atoms. The molecule has 0 amide bonds. The second kappa shape index (κ2) is 5.46. The third-order valence-electron chi connectivity index (χ3n) is 2.48. The summed E-state index contributed by atoms with van der Waals surface area (Å²) < 4.78 is 5.98. The zero-order valence-corrected chi connectivity index (χ0v) is 11.2. The molecule has 1 N–H and O–H groups in total. The molecule has 0 aromatic heterocycles. The van der Waals surface area contributed by atoms with E-state index in [1.165, 1.54) is 7.11 Å². The largest absolute Gasteiger partial charge is 0.479 e. The molecular weight excluding hydrogens is 272 g/mol. The average molecular weight is 287 g/mol. The molecule has 1 aromatic rings. The van der Waals surface area contributed by atoms with Gasteiger partial charge in [-0.25, -0.2) is 4.79 Å². The summed E-state index contributed by atoms with van der Waals surface area (Å²) >= 11 is 3.48. The number of ether oxygens (including phenoxy) is 1. The molecule has 3 nitrogen and oxygen atoms in total. The Morgan fingerprint density at radius 2 is 1.94 bits per heavy atom. The fourth-order valence-corrected chi connectivity index (χ4v) is 1.87. The van der Waals surface area contributed by atoms with Gasteiger partial charge in [0, 0.05) is 18.0 Å². The van der Waals surface area contributed by atoms with Crippen LogP contribution < -0.4 is 0 Å². The number of hydrogen-bond donors (Lipinski definition) is 1. The van der Waals surface area contributed by atoms with Gasteiger partial charge in [0.1, 0.15) is 0 Å². The second-order valence-corrected chi connectivity index (χ2v) is 4.60. The Morgan fingerprint density at radius 3 is 2.31 bits per heavy atom. The summed E-state index contributed by atoms with van der Waals surface area (Å²) in [5.74, 6) is -0.930. The van der Waals surface area contributed by atoms with Crippen LogP contribution in [0, 0.1) is 13.8 Å². The van der Waals surface area contributed by atoms with Crippen LogP contribution in [0.25, 0.3) is 0 Å². The Hall–Kier alpha value is -0.870. The highest BCUT2D eigenvalue weighted by Crippen LogP contribution is 2.23. The van der Waals surface area contributed by atoms with Crippen molar-refractivity contribution < 1.29 is 14.6 Å². The van der Waals surface area contributed by atoms with Gasteiger partial charge in [0.2, 0.25) is 0 Å². The molecule has 1 atom stereocenters. The summed E-state index contributed by atoms with van der Waals surface area (Å²) in [7, 11) is 1.41. The number of rotatable bonds is 4. The molecule has 16 heavy (non-hydrogen) atoms. The fraction of sp³-hybridized carbons (Fsp3) is 0.417. The van der Waals surface area contributed by atoms with Crippen LogP contribution in [-0.4, -0.2) is 24.3 Å². The quantitative estimate of drug-likeness (QED) is 0.926. The summed E-state index contributed by atoms with van der Waals surface area (Å²) in [6.07, 6.45) is -0.388. The van der Waals surface area contributed by atoms with Crippen LogP contribution in [0.3, 0.4) is 0 Å². The van der Waals surface area contributed by atoms with Gasteiger partial charge in [-0.05, 0) is 30.5 Å². The molecule has 1 rings (SSSR count). The number of carboxylic acids is 1. The molecule has 1 unspecified atom stereocenters. The van der Waals surface area contributed by atoms with Crippen molar-refractivity contribution in [2.24, 2.45) is 0 Å². The number of carboxylic acid groups (broad SMARTS) is 1. The maximum atomic E-state index is 10.8. The Kier molecular flexibility index (Phi) is 4.50. The first kappa shape index (κ1) is 13.2. The van der Waals surface area contributed by atoms with E-state index in [0.717, 1.165) is 21.2 Å². The van der Waals surface area contributed by atoms with E-state index in [0.29, 0.717) is 6.42 Å². The zero-order valence-electron chi connectivity index (χ0n) is 9.58. The first-order valence-electron chi connectivity index (χ1n) is 4.97. The summed E-state index contributed by atoms with van der Waals surface area (Å²) in [6.45, 7) is 3.98. The molecular formula is C12H15BrO3. The summed E-state index contributed by atoms with van der Waals surface area (Å²) in [6, 6.07) is 3.96. The molecule has 4 heteroatoms. The normalized spacial score (nSPS) is 12.5. The molecule has 88 valence electrons. The van der Waals surface area contributed by atoms with Crippen molar-refractivity contribution in [1.82, 2.24) is 0 Å². The number of aryl methyl sites for hydroxylation is 2. The number of aliphatic carboxylic acids is 1. The Bertz CT molecular complexity index is 378. The van der Waals surface area contributed by atoms with Gasteiger partial charge in [0.05, 0.1) is 0 Å². The van der Waals surface area contributed by atoms with Gasteiger partial charge in [-0.15, -0.1) is 0 Å². The minimum atomic E-state index is -0.930. The Balaban J connectivity index is 2.93. The maximum absolute atomic E-state index is 10.8. The highest BCUT2D eigenvalue weighted by atomic mass is 79.9. The highest BCUT2D eigenvalue weighted by molar-refractivity contribution is 9.10. The van der Waals surface area contributed by atoms with Gasteiger partial charge in [-0.3, -0.25) is 0 Å². The lowest BCUT2D eigenvalue weighted by atomic mass is 10.0. The van der Waals surface area contributed by atoms with E-state index < -0.39 is 12.1 Å². The van der Waals surface area contributed by atoms with Gasteiger partial charge >= 0.3 is 5.97 Å². The van der Waals surface area contributed by atoms with Crippen molar-refractivity contribution in [3.8, 4) is 0 Å². The third-order valence-corrected chi connectivity index (χ3v) is 3.73. The number of halogens is 1. The molecule has 0 heterocycles. The molecule has 0 radical (unpaired) electrons. The summed E-state index contributed by atoms with van der Waals surface area (Å²) in [5.41, 5.74) is 3.19. The second-order valence-electron chi connectivity index (χ2n) is 3.81. The van der Waals surface area contributed by atoms with Crippen molar-refractivity contribution in [1.29, 1.82) is 0 Å². The maximum Gasteiger partial charge on any atom is 0.333 e. The molecule has 0 bridgehead atoms. The molecule has 0 aliphatic rings. The van der Waals surface area contributed by atoms with E-state index in [1.54, 1.807) is 0 Å². The van der Waals surface area contributed by atoms with E-state index in [-0.39, 0.29) is 0 Å². The van der Waals surface area contributed by atoms with Gasteiger partial charge in [0.15, 0.2) is 6.10 Å². The van der Waals surface area contributed by atoms with E-state index >= 15 is 0 Å². The standard InChI is InChI=1S/C12H15BrO3/c1-7-4-9(5-8(2)11(7)13)6-10(16-3)12(14)15/h4-5,10H,6H2,1-3H3,(H,14,15). The van der Waals surface area contributed by atoms with Crippen molar-refractivity contribution in [3.63, 3.8) is 0 Å². The van der Waals surface area contributed by atoms with Crippen LogP contribution in [0.1, 0.15) is 16.7 Å². The summed E-state index contributed by atoms with van der Waals surface area (Å²) in [4.78, 5) is 10.8. The van der Waals surface area contributed by atoms with Gasteiger partial charge in [-0.1, -0.05) is 28.1 Å². The van der Waals surface area contributed by atoms with Crippen molar-refractivity contribution in [2.45, 2.75) is 26.4 Å². The molecule has 0 aliphatic carbocycles. The fourth-order valence-electron chi connectivity index (χ4n) is 1.64. The number of benzene rings is 1. The van der Waals surface area contributed by atoms with E-state index in [1.807, 2.05) is 26.0 Å². The predicted octanol–water partition coefficient (Wildman–Crippen LogP) is 2.71. The van der Waals surface area contributed by atoms with E-state index in [2.05, 4.69) is 15.9 Å². The number of hydrogen-bond acceptors (Lipinski definition) is 2. The van der Waals surface area contributed by atoms with Crippen molar-refractivity contribution in [2.75, 3.05) is 7.11 Å². The van der Waals surface area contributed by atoms with Crippen LogP contribution in [-0.2, 0) is 16.0 Å². The van der Waals surface area contributed by atoms with Crippen molar-refractivity contribution in [3.05, 3.63) is 33.3 Å². The predicted molar refractivity (Wildman–Crippen MR) is 65.8 cm³/mol. The van der Waals surface area contributed by atoms with Crippen LogP contribution in [0.2, 0.25) is 0 Å². The smallest absolute Gasteiger partial charge is 0.333 e. The van der Waals surface area contributed by atoms with E-state index in [4.69, 9.17) is 9.84 Å². The first-order chi connectivity index (χ1) is 7.45. The van der Waals surface area contributed by atoms with Crippen LogP contribution in [0.4, 0.5) is 0 Å². The molecule has 0 saturated heterocycles. The average Bonchev–Trinajstić information content (AvgIpc) is 2.21. The van der Waals surface area contributed by atoms with Gasteiger partial charge in [0.25, 0.3) is 0 Å². The van der Waals surface area contributed by atoms with Crippen LogP contribution >= 0.6 is 15.9 Å². The molecule has 0 aliphatic heterocycles. The highest BCUT2D eigenvalue weighted by Gasteiger charge is 2.17. The molecule has 1 aromatic carbocycles. The first-order valence-corrected chi connectivity index (χ1v) is 5.76. The monoisotopic (exact) mass is 286 g/mol. The lowest BCUT2D eigenvalue weighted by Gasteiger charge is -2.12. The lowest BCUT2D eigenvalue weighted by Crippen LogP contribution is -2.24. The summed E-state index contributed by atoms with van der Waals surface area (Å²) in [5, 5.41) is 8.89. The minimum absolute atomic E-state index is 0.390. The van der Waals surface area contributed by atoms with E-state index in [9.17, 15) is 4.79 Å². The lowest BCUT2D eigenvalue weighted by molar-refractivity contribution is -0.148. The molecule has 0 fully saturated rings. The number of methoxy groups -OCH3 is 1. The minimum Gasteiger partial charge on any atom is -0.479 e. The SMILES string of the molecule is COC(Cc1cc(C)c(Br)c(C)c1)C(=O)O. The van der Waals surface area contributed by atoms with Crippen LogP contribution in [0.5, 0.6) is 0 Å². The Morgan fingerprint density at radius 1 is 1.44 bits per heavy atom. The number of carbonyl (C=O) groups is 1. The topological polar surface area (TPSA) is 46.5 Å². The van der Waals surface area contributed by atoms with Crippen molar-refractivity contribution >= 4 is 21.9 Å². The Labute approximate surface area is 104 Å². The van der Waals surface area contributed by atoms with Gasteiger partial charge in [-0.2, -0.15) is 0 Å².